The van der Waals surface area contributed by atoms with Crippen LogP contribution in [-0.4, -0.2) is 26.8 Å². The number of amides is 1. The van der Waals surface area contributed by atoms with Crippen LogP contribution in [0.15, 0.2) is 39.0 Å². The molecule has 2 aromatic rings. The lowest BCUT2D eigenvalue weighted by Crippen LogP contribution is -2.32. The van der Waals surface area contributed by atoms with Crippen molar-refractivity contribution in [2.45, 2.75) is 26.2 Å². The molecule has 0 bridgehead atoms. The molecule has 0 radical (unpaired) electrons. The Morgan fingerprint density at radius 3 is 2.80 bits per heavy atom. The zero-order chi connectivity index (χ0) is 18.4. The Morgan fingerprint density at radius 1 is 1.40 bits per heavy atom. The van der Waals surface area contributed by atoms with Crippen molar-refractivity contribution in [1.29, 1.82) is 0 Å². The maximum Gasteiger partial charge on any atom is 0.335 e. The van der Waals surface area contributed by atoms with E-state index in [1.807, 2.05) is 11.9 Å². The number of rotatable bonds is 6. The first-order valence-corrected chi connectivity index (χ1v) is 7.60. The second-order valence-electron chi connectivity index (χ2n) is 5.18. The molecule has 0 aliphatic carbocycles. The standard InChI is InChI=1S/C16H17FN4O4/c1-2-3-8-13(22)20-18-9-10-14(23)19-16(25)21(15(10)24)12-7-5-4-6-11(12)17/h4-7,9,24H,2-3,8H2,1H3,(H,20,22)(H,19,23,25)/b18-9+. The first kappa shape index (κ1) is 18.1. The number of carbonyl (C=O) groups excluding carboxylic acids is 1. The number of benzene rings is 1. The molecular weight excluding hydrogens is 331 g/mol. The van der Waals surface area contributed by atoms with Gasteiger partial charge in [-0.05, 0) is 18.6 Å². The number of nitrogens with one attached hydrogen (secondary N) is 2. The molecule has 25 heavy (non-hydrogen) atoms. The summed E-state index contributed by atoms with van der Waals surface area (Å²) in [5.74, 6) is -1.90. The summed E-state index contributed by atoms with van der Waals surface area (Å²) in [7, 11) is 0. The van der Waals surface area contributed by atoms with Gasteiger partial charge in [0.2, 0.25) is 11.8 Å². The van der Waals surface area contributed by atoms with E-state index in [0.29, 0.717) is 11.0 Å². The molecule has 0 aliphatic rings. The zero-order valence-electron chi connectivity index (χ0n) is 13.5. The Kier molecular flexibility index (Phi) is 5.83. The van der Waals surface area contributed by atoms with Crippen LogP contribution >= 0.6 is 0 Å². The van der Waals surface area contributed by atoms with Crippen LogP contribution in [-0.2, 0) is 4.79 Å². The van der Waals surface area contributed by atoms with E-state index in [9.17, 15) is 23.9 Å². The molecule has 8 nitrogen and oxygen atoms in total. The molecule has 1 aromatic heterocycles. The highest BCUT2D eigenvalue weighted by Gasteiger charge is 2.16. The van der Waals surface area contributed by atoms with Crippen LogP contribution in [0.25, 0.3) is 5.69 Å². The quantitative estimate of drug-likeness (QED) is 0.533. The van der Waals surface area contributed by atoms with Gasteiger partial charge in [0.25, 0.3) is 5.56 Å². The molecule has 9 heteroatoms. The number of hydrogen-bond acceptors (Lipinski definition) is 5. The third kappa shape index (κ3) is 4.19. The molecule has 0 spiro atoms. The Morgan fingerprint density at radius 2 is 2.12 bits per heavy atom. The molecule has 2 rings (SSSR count). The summed E-state index contributed by atoms with van der Waals surface area (Å²) in [6, 6.07) is 5.26. The van der Waals surface area contributed by atoms with Crippen molar-refractivity contribution < 1.29 is 14.3 Å². The largest absolute Gasteiger partial charge is 0.493 e. The lowest BCUT2D eigenvalue weighted by Gasteiger charge is -2.10. The number of halogens is 1. The smallest absolute Gasteiger partial charge is 0.335 e. The number of nitrogens with zero attached hydrogens (tertiary/aromatic N) is 2. The van der Waals surface area contributed by atoms with E-state index in [4.69, 9.17) is 0 Å². The predicted octanol–water partition coefficient (Wildman–Crippen LogP) is 1.01. The topological polar surface area (TPSA) is 117 Å². The third-order valence-corrected chi connectivity index (χ3v) is 3.35. The SMILES string of the molecule is CCCCC(=O)N/N=C/c1c(O)n(-c2ccccc2F)c(=O)[nH]c1=O. The van der Waals surface area contributed by atoms with Crippen molar-refractivity contribution in [3.63, 3.8) is 0 Å². The van der Waals surface area contributed by atoms with Crippen molar-refractivity contribution >= 4 is 12.1 Å². The number of para-hydroxylation sites is 1. The molecule has 0 unspecified atom stereocenters. The number of hydrogen-bond donors (Lipinski definition) is 3. The second-order valence-corrected chi connectivity index (χ2v) is 5.18. The number of aromatic nitrogens is 2. The van der Waals surface area contributed by atoms with Gasteiger partial charge in [-0.1, -0.05) is 25.5 Å². The van der Waals surface area contributed by atoms with Gasteiger partial charge in [0.05, 0.1) is 11.9 Å². The minimum absolute atomic E-state index is 0.233. The number of aromatic hydroxyl groups is 1. The average molecular weight is 348 g/mol. The Bertz CT molecular complexity index is 917. The van der Waals surface area contributed by atoms with E-state index in [-0.39, 0.29) is 18.0 Å². The first-order chi connectivity index (χ1) is 12.0. The summed E-state index contributed by atoms with van der Waals surface area (Å²) in [6.07, 6.45) is 2.69. The fourth-order valence-electron chi connectivity index (χ4n) is 2.07. The minimum Gasteiger partial charge on any atom is -0.493 e. The summed E-state index contributed by atoms with van der Waals surface area (Å²) in [5, 5.41) is 13.8. The van der Waals surface area contributed by atoms with Crippen LogP contribution in [0.1, 0.15) is 31.7 Å². The predicted molar refractivity (Wildman–Crippen MR) is 89.5 cm³/mol. The van der Waals surface area contributed by atoms with E-state index < -0.39 is 28.5 Å². The Labute approximate surface area is 141 Å². The fourth-order valence-corrected chi connectivity index (χ4v) is 2.07. The van der Waals surface area contributed by atoms with Gasteiger partial charge in [-0.25, -0.2) is 19.2 Å². The summed E-state index contributed by atoms with van der Waals surface area (Å²) in [6.45, 7) is 1.93. The summed E-state index contributed by atoms with van der Waals surface area (Å²) in [4.78, 5) is 37.2. The summed E-state index contributed by atoms with van der Waals surface area (Å²) >= 11 is 0. The van der Waals surface area contributed by atoms with E-state index >= 15 is 0 Å². The lowest BCUT2D eigenvalue weighted by atomic mass is 10.2. The van der Waals surface area contributed by atoms with Crippen LogP contribution < -0.4 is 16.7 Å². The maximum atomic E-state index is 13.9. The molecule has 0 fully saturated rings. The van der Waals surface area contributed by atoms with Crippen molar-refractivity contribution in [3.05, 3.63) is 56.5 Å². The normalized spacial score (nSPS) is 11.0. The second kappa shape index (κ2) is 8.04. The molecule has 1 aromatic carbocycles. The van der Waals surface area contributed by atoms with Gasteiger partial charge in [-0.15, -0.1) is 0 Å². The van der Waals surface area contributed by atoms with Gasteiger partial charge < -0.3 is 5.11 Å². The van der Waals surface area contributed by atoms with E-state index in [1.165, 1.54) is 18.2 Å². The van der Waals surface area contributed by atoms with Crippen molar-refractivity contribution in [2.75, 3.05) is 0 Å². The summed E-state index contributed by atoms with van der Waals surface area (Å²) < 4.78 is 14.5. The molecule has 3 N–H and O–H groups in total. The van der Waals surface area contributed by atoms with Gasteiger partial charge in [0.15, 0.2) is 0 Å². The third-order valence-electron chi connectivity index (χ3n) is 3.35. The number of hydrazone groups is 1. The van der Waals surface area contributed by atoms with Crippen LogP contribution in [0.4, 0.5) is 4.39 Å². The van der Waals surface area contributed by atoms with E-state index in [2.05, 4.69) is 10.5 Å². The van der Waals surface area contributed by atoms with Gasteiger partial charge in [-0.2, -0.15) is 5.10 Å². The van der Waals surface area contributed by atoms with E-state index in [1.54, 1.807) is 0 Å². The summed E-state index contributed by atoms with van der Waals surface area (Å²) in [5.41, 5.74) is -0.331. The van der Waals surface area contributed by atoms with Crippen LogP contribution in [0, 0.1) is 5.82 Å². The molecule has 1 amide bonds. The lowest BCUT2D eigenvalue weighted by molar-refractivity contribution is -0.121. The average Bonchev–Trinajstić information content (AvgIpc) is 2.57. The fraction of sp³-hybridized carbons (Fsp3) is 0.250. The highest BCUT2D eigenvalue weighted by Crippen LogP contribution is 2.17. The van der Waals surface area contributed by atoms with Gasteiger partial charge >= 0.3 is 5.69 Å². The molecule has 132 valence electrons. The Hall–Kier alpha value is -3.23. The first-order valence-electron chi connectivity index (χ1n) is 7.60. The van der Waals surface area contributed by atoms with Gasteiger partial charge in [0, 0.05) is 6.42 Å². The molecule has 0 aliphatic heterocycles. The molecule has 0 saturated heterocycles. The van der Waals surface area contributed by atoms with Crippen molar-refractivity contribution in [1.82, 2.24) is 15.0 Å². The molecule has 0 atom stereocenters. The number of aromatic amines is 1. The highest BCUT2D eigenvalue weighted by atomic mass is 19.1. The van der Waals surface area contributed by atoms with E-state index in [0.717, 1.165) is 18.7 Å². The molecular formula is C16H17FN4O4. The zero-order valence-corrected chi connectivity index (χ0v) is 13.5. The number of unbranched alkanes of at least 4 members (excludes halogenated alkanes) is 1. The van der Waals surface area contributed by atoms with Crippen molar-refractivity contribution in [2.24, 2.45) is 5.10 Å². The molecule has 0 saturated carbocycles. The number of carbonyl (C=O) groups is 1. The monoisotopic (exact) mass is 348 g/mol. The van der Waals surface area contributed by atoms with Gasteiger partial charge in [0.1, 0.15) is 11.4 Å². The Balaban J connectivity index is 2.39. The van der Waals surface area contributed by atoms with Gasteiger partial charge in [-0.3, -0.25) is 14.6 Å². The minimum atomic E-state index is -1.00. The molecule has 1 heterocycles. The van der Waals surface area contributed by atoms with Crippen LogP contribution in [0.3, 0.4) is 0 Å². The number of H-pyrrole nitrogens is 1. The highest BCUT2D eigenvalue weighted by molar-refractivity contribution is 5.84. The van der Waals surface area contributed by atoms with Crippen molar-refractivity contribution in [3.8, 4) is 11.6 Å². The van der Waals surface area contributed by atoms with Crippen LogP contribution in [0.2, 0.25) is 0 Å². The van der Waals surface area contributed by atoms with Crippen LogP contribution in [0.5, 0.6) is 5.88 Å². The maximum absolute atomic E-state index is 13.9.